The summed E-state index contributed by atoms with van der Waals surface area (Å²) in [6.45, 7) is 4.56. The van der Waals surface area contributed by atoms with E-state index in [-0.39, 0.29) is 0 Å². The lowest BCUT2D eigenvalue weighted by molar-refractivity contribution is 0.290. The van der Waals surface area contributed by atoms with Gasteiger partial charge >= 0.3 is 0 Å². The van der Waals surface area contributed by atoms with Crippen molar-refractivity contribution >= 4 is 10.0 Å². The van der Waals surface area contributed by atoms with Crippen molar-refractivity contribution in [1.29, 1.82) is 0 Å². The first kappa shape index (κ1) is 19.8. The molecule has 0 bridgehead atoms. The van der Waals surface area contributed by atoms with Gasteiger partial charge in [0.2, 0.25) is 21.7 Å². The van der Waals surface area contributed by atoms with Gasteiger partial charge in [-0.25, -0.2) is 8.42 Å². The molecule has 3 aromatic rings. The summed E-state index contributed by atoms with van der Waals surface area (Å²) in [6, 6.07) is 14.6. The van der Waals surface area contributed by atoms with Crippen LogP contribution in [-0.2, 0) is 16.4 Å². The summed E-state index contributed by atoms with van der Waals surface area (Å²) in [5.41, 5.74) is 3.11. The summed E-state index contributed by atoms with van der Waals surface area (Å²) >= 11 is 0. The fourth-order valence-corrected chi connectivity index (χ4v) is 5.45. The van der Waals surface area contributed by atoms with Crippen molar-refractivity contribution in [2.24, 2.45) is 0 Å². The molecule has 0 spiro atoms. The lowest BCUT2D eigenvalue weighted by Crippen LogP contribution is -2.30. The summed E-state index contributed by atoms with van der Waals surface area (Å²) in [5.74, 6) is 0.835. The second kappa shape index (κ2) is 8.08. The standard InChI is InChI=1S/C22H25N3O3S/c1-3-6-17-10-12-19(13-11-17)29(26,27)25-14-5-9-20(25)22-23-21(24-28-22)18-8-4-7-16(2)15-18/h4,7-8,10-13,15,20H,3,5-6,9,14H2,1-2H3/t20-/m0/s1. The van der Waals surface area contributed by atoms with Crippen molar-refractivity contribution in [2.45, 2.75) is 50.5 Å². The second-order valence-electron chi connectivity index (χ2n) is 7.49. The van der Waals surface area contributed by atoms with Crippen LogP contribution in [0.2, 0.25) is 0 Å². The minimum Gasteiger partial charge on any atom is -0.337 e. The van der Waals surface area contributed by atoms with Crippen molar-refractivity contribution in [3.8, 4) is 11.4 Å². The monoisotopic (exact) mass is 411 g/mol. The third kappa shape index (κ3) is 3.97. The molecule has 0 amide bonds. The fourth-order valence-electron chi connectivity index (χ4n) is 3.80. The minimum absolute atomic E-state index is 0.308. The Balaban J connectivity index is 1.60. The van der Waals surface area contributed by atoms with Gasteiger partial charge in [-0.1, -0.05) is 54.4 Å². The highest BCUT2D eigenvalue weighted by Gasteiger charge is 2.39. The smallest absolute Gasteiger partial charge is 0.245 e. The van der Waals surface area contributed by atoms with Gasteiger partial charge in [0.25, 0.3) is 0 Å². The van der Waals surface area contributed by atoms with E-state index in [4.69, 9.17) is 4.52 Å². The molecule has 7 heteroatoms. The number of rotatable bonds is 6. The molecule has 1 aromatic heterocycles. The summed E-state index contributed by atoms with van der Waals surface area (Å²) in [7, 11) is -3.62. The Morgan fingerprint density at radius 2 is 1.97 bits per heavy atom. The molecule has 152 valence electrons. The molecule has 29 heavy (non-hydrogen) atoms. The van der Waals surface area contributed by atoms with Gasteiger partial charge in [-0.15, -0.1) is 0 Å². The molecule has 0 N–H and O–H groups in total. The molecule has 0 unspecified atom stereocenters. The summed E-state index contributed by atoms with van der Waals surface area (Å²) in [4.78, 5) is 4.82. The molecule has 1 atom stereocenters. The largest absolute Gasteiger partial charge is 0.337 e. The van der Waals surface area contributed by atoms with Crippen LogP contribution >= 0.6 is 0 Å². The van der Waals surface area contributed by atoms with Crippen molar-refractivity contribution in [1.82, 2.24) is 14.4 Å². The van der Waals surface area contributed by atoms with Crippen LogP contribution in [0.25, 0.3) is 11.4 Å². The van der Waals surface area contributed by atoms with Crippen LogP contribution in [0.15, 0.2) is 57.9 Å². The number of hydrogen-bond acceptors (Lipinski definition) is 5. The molecule has 6 nitrogen and oxygen atoms in total. The molecule has 0 aliphatic carbocycles. The van der Waals surface area contributed by atoms with E-state index >= 15 is 0 Å². The number of nitrogens with zero attached hydrogens (tertiary/aromatic N) is 3. The van der Waals surface area contributed by atoms with Crippen LogP contribution in [0.1, 0.15) is 49.2 Å². The molecule has 2 aromatic carbocycles. The highest BCUT2D eigenvalue weighted by atomic mass is 32.2. The third-order valence-electron chi connectivity index (χ3n) is 5.28. The van der Waals surface area contributed by atoms with Crippen LogP contribution < -0.4 is 0 Å². The molecular formula is C22H25N3O3S. The number of aromatic nitrogens is 2. The average Bonchev–Trinajstić information content (AvgIpc) is 3.38. The first-order chi connectivity index (χ1) is 14.0. The van der Waals surface area contributed by atoms with Gasteiger partial charge in [-0.2, -0.15) is 9.29 Å². The normalized spacial score (nSPS) is 17.7. The van der Waals surface area contributed by atoms with Crippen LogP contribution in [0.5, 0.6) is 0 Å². The summed E-state index contributed by atoms with van der Waals surface area (Å²) < 4.78 is 33.5. The lowest BCUT2D eigenvalue weighted by atomic mass is 10.1. The first-order valence-electron chi connectivity index (χ1n) is 10.0. The Kier molecular flexibility index (Phi) is 5.52. The lowest BCUT2D eigenvalue weighted by Gasteiger charge is -2.21. The van der Waals surface area contributed by atoms with E-state index in [0.29, 0.717) is 29.6 Å². The maximum absolute atomic E-state index is 13.2. The number of sulfonamides is 1. The predicted molar refractivity (Wildman–Crippen MR) is 111 cm³/mol. The number of aryl methyl sites for hydroxylation is 2. The Morgan fingerprint density at radius 1 is 1.17 bits per heavy atom. The molecule has 0 radical (unpaired) electrons. The quantitative estimate of drug-likeness (QED) is 0.596. The first-order valence-corrected chi connectivity index (χ1v) is 11.4. The zero-order valence-electron chi connectivity index (χ0n) is 16.7. The maximum Gasteiger partial charge on any atom is 0.245 e. The molecule has 4 rings (SSSR count). The van der Waals surface area contributed by atoms with Crippen LogP contribution in [0.4, 0.5) is 0 Å². The van der Waals surface area contributed by atoms with Crippen molar-refractivity contribution in [3.63, 3.8) is 0 Å². The van der Waals surface area contributed by atoms with Gasteiger partial charge in [0.05, 0.1) is 4.90 Å². The molecule has 0 saturated carbocycles. The molecule has 1 saturated heterocycles. The molecule has 1 aliphatic rings. The van der Waals surface area contributed by atoms with Crippen molar-refractivity contribution in [2.75, 3.05) is 6.54 Å². The van der Waals surface area contributed by atoms with Gasteiger partial charge in [0, 0.05) is 12.1 Å². The zero-order chi connectivity index (χ0) is 20.4. The van der Waals surface area contributed by atoms with E-state index in [1.807, 2.05) is 43.3 Å². The second-order valence-corrected chi connectivity index (χ2v) is 9.38. The number of hydrogen-bond donors (Lipinski definition) is 0. The van der Waals surface area contributed by atoms with Crippen LogP contribution in [-0.4, -0.2) is 29.4 Å². The molecular weight excluding hydrogens is 386 g/mol. The van der Waals surface area contributed by atoms with Gasteiger partial charge < -0.3 is 4.52 Å². The average molecular weight is 412 g/mol. The van der Waals surface area contributed by atoms with Crippen LogP contribution in [0, 0.1) is 6.92 Å². The Bertz CT molecular complexity index is 1090. The topological polar surface area (TPSA) is 76.3 Å². The summed E-state index contributed by atoms with van der Waals surface area (Å²) in [6.07, 6.45) is 3.40. The van der Waals surface area contributed by atoms with E-state index in [1.54, 1.807) is 12.1 Å². The summed E-state index contributed by atoms with van der Waals surface area (Å²) in [5, 5.41) is 4.09. The minimum atomic E-state index is -3.62. The van der Waals surface area contributed by atoms with E-state index in [9.17, 15) is 8.42 Å². The van der Waals surface area contributed by atoms with Crippen molar-refractivity contribution < 1.29 is 12.9 Å². The maximum atomic E-state index is 13.2. The van der Waals surface area contributed by atoms with E-state index in [1.165, 1.54) is 4.31 Å². The highest BCUT2D eigenvalue weighted by molar-refractivity contribution is 7.89. The van der Waals surface area contributed by atoms with Crippen molar-refractivity contribution in [3.05, 3.63) is 65.5 Å². The Morgan fingerprint density at radius 3 is 2.69 bits per heavy atom. The Labute approximate surface area is 171 Å². The third-order valence-corrected chi connectivity index (χ3v) is 7.20. The Hall–Kier alpha value is -2.51. The van der Waals surface area contributed by atoms with Gasteiger partial charge in [0.15, 0.2) is 0 Å². The molecule has 1 aliphatic heterocycles. The highest BCUT2D eigenvalue weighted by Crippen LogP contribution is 2.36. The fraction of sp³-hybridized carbons (Fsp3) is 0.364. The van der Waals surface area contributed by atoms with Gasteiger partial charge in [-0.3, -0.25) is 0 Å². The predicted octanol–water partition coefficient (Wildman–Crippen LogP) is 4.52. The van der Waals surface area contributed by atoms with E-state index < -0.39 is 16.1 Å². The van der Waals surface area contributed by atoms with Gasteiger partial charge in [0.1, 0.15) is 6.04 Å². The molecule has 1 fully saturated rings. The van der Waals surface area contributed by atoms with E-state index in [0.717, 1.165) is 36.0 Å². The van der Waals surface area contributed by atoms with E-state index in [2.05, 4.69) is 17.1 Å². The number of benzene rings is 2. The molecule has 2 heterocycles. The van der Waals surface area contributed by atoms with Gasteiger partial charge in [-0.05, 0) is 49.9 Å². The SMILES string of the molecule is CCCc1ccc(S(=O)(=O)N2CCC[C@H]2c2nc(-c3cccc(C)c3)no2)cc1. The zero-order valence-corrected chi connectivity index (χ0v) is 17.5. The van der Waals surface area contributed by atoms with Crippen LogP contribution in [0.3, 0.4) is 0 Å².